The molecule has 2 aromatic heterocycles. The molecule has 0 saturated heterocycles. The highest BCUT2D eigenvalue weighted by atomic mass is 35.5. The van der Waals surface area contributed by atoms with Crippen LogP contribution in [0.2, 0.25) is 5.02 Å². The van der Waals surface area contributed by atoms with Crippen LogP contribution in [-0.2, 0) is 9.53 Å². The van der Waals surface area contributed by atoms with E-state index in [1.54, 1.807) is 30.3 Å². The van der Waals surface area contributed by atoms with E-state index in [1.165, 1.54) is 33.6 Å². The van der Waals surface area contributed by atoms with Crippen molar-refractivity contribution in [1.29, 1.82) is 0 Å². The van der Waals surface area contributed by atoms with Crippen LogP contribution in [0.4, 0.5) is 0 Å². The van der Waals surface area contributed by atoms with E-state index in [9.17, 15) is 9.90 Å². The molecule has 0 aliphatic carbocycles. The summed E-state index contributed by atoms with van der Waals surface area (Å²) in [6, 6.07) is 10.5. The van der Waals surface area contributed by atoms with Crippen molar-refractivity contribution < 1.29 is 24.1 Å². The first-order chi connectivity index (χ1) is 14.5. The summed E-state index contributed by atoms with van der Waals surface area (Å²) < 4.78 is 17.2. The zero-order valence-corrected chi connectivity index (χ0v) is 17.5. The van der Waals surface area contributed by atoms with Gasteiger partial charge in [-0.3, -0.25) is 4.98 Å². The molecule has 7 nitrogen and oxygen atoms in total. The first kappa shape index (κ1) is 21.4. The Morgan fingerprint density at radius 2 is 2.00 bits per heavy atom. The van der Waals surface area contributed by atoms with E-state index >= 15 is 0 Å². The number of esters is 1. The Morgan fingerprint density at radius 1 is 1.20 bits per heavy atom. The third-order valence-electron chi connectivity index (χ3n) is 4.49. The fraction of sp³-hybridized carbons (Fsp3) is 0.182. The summed E-state index contributed by atoms with van der Waals surface area (Å²) in [6.45, 7) is 0. The van der Waals surface area contributed by atoms with E-state index in [2.05, 4.69) is 9.72 Å². The number of aromatic nitrogens is 2. The maximum absolute atomic E-state index is 11.5. The molecular weight excluding hydrogens is 408 g/mol. The highest BCUT2D eigenvalue weighted by Gasteiger charge is 2.24. The van der Waals surface area contributed by atoms with E-state index in [0.29, 0.717) is 39.2 Å². The lowest BCUT2D eigenvalue weighted by Gasteiger charge is -2.20. The zero-order chi connectivity index (χ0) is 21.7. The number of methoxy groups -OCH3 is 3. The smallest absolute Gasteiger partial charge is 0.330 e. The average Bonchev–Trinajstić information content (AvgIpc) is 3.24. The average molecular weight is 429 g/mol. The van der Waals surface area contributed by atoms with Crippen LogP contribution in [0.1, 0.15) is 23.1 Å². The van der Waals surface area contributed by atoms with Gasteiger partial charge in [0.2, 0.25) is 0 Å². The molecular formula is C22H21ClN2O5. The van der Waals surface area contributed by atoms with E-state index in [4.69, 9.17) is 21.1 Å². The van der Waals surface area contributed by atoms with Crippen LogP contribution in [0, 0.1) is 0 Å². The number of aliphatic hydroxyl groups is 1. The summed E-state index contributed by atoms with van der Waals surface area (Å²) in [4.78, 5) is 15.8. The van der Waals surface area contributed by atoms with Gasteiger partial charge in [0, 0.05) is 40.8 Å². The van der Waals surface area contributed by atoms with Gasteiger partial charge in [0.25, 0.3) is 0 Å². The Balaban J connectivity index is 2.12. The normalized spacial score (nSPS) is 12.0. The third kappa shape index (κ3) is 4.32. The summed E-state index contributed by atoms with van der Waals surface area (Å²) in [5, 5.41) is 11.7. The van der Waals surface area contributed by atoms with Crippen molar-refractivity contribution in [2.45, 2.75) is 6.10 Å². The monoisotopic (exact) mass is 428 g/mol. The van der Waals surface area contributed by atoms with Crippen LogP contribution in [-0.4, -0.2) is 42.0 Å². The minimum atomic E-state index is -1.15. The van der Waals surface area contributed by atoms with Crippen molar-refractivity contribution in [2.24, 2.45) is 0 Å². The van der Waals surface area contributed by atoms with E-state index in [0.717, 1.165) is 0 Å². The molecule has 8 heteroatoms. The van der Waals surface area contributed by atoms with Gasteiger partial charge in [0.1, 0.15) is 11.8 Å². The minimum absolute atomic E-state index is 0.291. The Bertz CT molecular complexity index is 1080. The number of halogens is 1. The molecule has 0 spiro atoms. The summed E-state index contributed by atoms with van der Waals surface area (Å²) in [5.74, 6) is 0.314. The summed E-state index contributed by atoms with van der Waals surface area (Å²) >= 11 is 6.23. The molecule has 0 saturated carbocycles. The zero-order valence-electron chi connectivity index (χ0n) is 16.7. The lowest BCUT2D eigenvalue weighted by molar-refractivity contribution is -0.134. The number of aliphatic hydroxyl groups excluding tert-OH is 1. The van der Waals surface area contributed by atoms with Crippen molar-refractivity contribution in [3.8, 4) is 17.2 Å². The fourth-order valence-corrected chi connectivity index (χ4v) is 3.27. The van der Waals surface area contributed by atoms with Crippen LogP contribution in [0.5, 0.6) is 11.5 Å². The number of rotatable bonds is 7. The summed E-state index contributed by atoms with van der Waals surface area (Å²) in [5.41, 5.74) is 2.17. The van der Waals surface area contributed by atoms with Gasteiger partial charge in [-0.25, -0.2) is 4.79 Å². The minimum Gasteiger partial charge on any atom is -0.493 e. The predicted octanol–water partition coefficient (Wildman–Crippen LogP) is 3.81. The molecule has 1 N–H and O–H groups in total. The molecule has 0 bridgehead atoms. The molecule has 0 fully saturated rings. The number of benzene rings is 1. The van der Waals surface area contributed by atoms with Crippen LogP contribution in [0.15, 0.2) is 54.9 Å². The van der Waals surface area contributed by atoms with Crippen molar-refractivity contribution in [3.63, 3.8) is 0 Å². The fourth-order valence-electron chi connectivity index (χ4n) is 3.09. The number of ether oxygens (including phenoxy) is 3. The second-order valence-corrected chi connectivity index (χ2v) is 6.63. The first-order valence-electron chi connectivity index (χ1n) is 8.98. The maximum atomic E-state index is 11.5. The molecule has 0 aliphatic heterocycles. The van der Waals surface area contributed by atoms with Gasteiger partial charge in [-0.15, -0.1) is 0 Å². The number of hydrogen-bond acceptors (Lipinski definition) is 6. The first-order valence-corrected chi connectivity index (χ1v) is 9.36. The van der Waals surface area contributed by atoms with Gasteiger partial charge >= 0.3 is 5.97 Å². The van der Waals surface area contributed by atoms with Crippen LogP contribution >= 0.6 is 11.6 Å². The van der Waals surface area contributed by atoms with Crippen LogP contribution in [0.3, 0.4) is 0 Å². The number of carbonyl (C=O) groups is 1. The Kier molecular flexibility index (Phi) is 6.76. The van der Waals surface area contributed by atoms with Gasteiger partial charge < -0.3 is 23.9 Å². The third-order valence-corrected chi connectivity index (χ3v) is 4.73. The highest BCUT2D eigenvalue weighted by molar-refractivity contribution is 6.30. The topological polar surface area (TPSA) is 82.8 Å². The maximum Gasteiger partial charge on any atom is 0.330 e. The Labute approximate surface area is 179 Å². The quantitative estimate of drug-likeness (QED) is 0.455. The van der Waals surface area contributed by atoms with Crippen molar-refractivity contribution in [1.82, 2.24) is 9.55 Å². The lowest BCUT2D eigenvalue weighted by atomic mass is 10.0. The molecule has 2 heterocycles. The van der Waals surface area contributed by atoms with Gasteiger partial charge in [0.05, 0.1) is 27.0 Å². The molecule has 1 aromatic carbocycles. The second kappa shape index (κ2) is 9.47. The molecule has 0 amide bonds. The van der Waals surface area contributed by atoms with E-state index in [-0.39, 0.29) is 0 Å². The van der Waals surface area contributed by atoms with Gasteiger partial charge in [-0.1, -0.05) is 11.6 Å². The SMILES string of the molecule is COC(=O)/C=C/c1cccn1-c1ccc(Cl)cc1C(O)c1nccc(OC)c1OC. The molecule has 0 radical (unpaired) electrons. The molecule has 30 heavy (non-hydrogen) atoms. The number of carbonyl (C=O) groups excluding carboxylic acids is 1. The summed E-state index contributed by atoms with van der Waals surface area (Å²) in [7, 11) is 4.31. The Hall–Kier alpha value is -3.29. The highest BCUT2D eigenvalue weighted by Crippen LogP contribution is 2.38. The molecule has 156 valence electrons. The molecule has 3 rings (SSSR count). The van der Waals surface area contributed by atoms with Crippen LogP contribution < -0.4 is 9.47 Å². The predicted molar refractivity (Wildman–Crippen MR) is 113 cm³/mol. The molecule has 1 unspecified atom stereocenters. The van der Waals surface area contributed by atoms with Gasteiger partial charge in [0.15, 0.2) is 11.5 Å². The molecule has 0 aliphatic rings. The van der Waals surface area contributed by atoms with Gasteiger partial charge in [-0.2, -0.15) is 0 Å². The van der Waals surface area contributed by atoms with Crippen molar-refractivity contribution >= 4 is 23.6 Å². The number of pyridine rings is 1. The molecule has 1 atom stereocenters. The largest absolute Gasteiger partial charge is 0.493 e. The Morgan fingerprint density at radius 3 is 2.70 bits per heavy atom. The van der Waals surface area contributed by atoms with E-state index < -0.39 is 12.1 Å². The van der Waals surface area contributed by atoms with Crippen LogP contribution in [0.25, 0.3) is 11.8 Å². The van der Waals surface area contributed by atoms with E-state index in [1.807, 2.05) is 22.9 Å². The van der Waals surface area contributed by atoms with Crippen molar-refractivity contribution in [2.75, 3.05) is 21.3 Å². The lowest BCUT2D eigenvalue weighted by Crippen LogP contribution is -2.10. The molecule has 3 aromatic rings. The van der Waals surface area contributed by atoms with Gasteiger partial charge in [-0.05, 0) is 36.4 Å². The van der Waals surface area contributed by atoms with Crippen molar-refractivity contribution in [3.05, 3.63) is 76.8 Å². The standard InChI is InChI=1S/C22H21ClN2O5/c1-28-18-10-11-24-20(22(18)30-3)21(27)16-13-14(23)6-8-17(16)25-12-4-5-15(25)7-9-19(26)29-2/h4-13,21,27H,1-3H3/b9-7+. The number of nitrogens with zero attached hydrogens (tertiary/aromatic N) is 2. The second-order valence-electron chi connectivity index (χ2n) is 6.20. The summed E-state index contributed by atoms with van der Waals surface area (Å²) in [6.07, 6.45) is 5.14. The number of hydrogen-bond donors (Lipinski definition) is 1.